The summed E-state index contributed by atoms with van der Waals surface area (Å²) < 4.78 is 11.8. The number of pyridine rings is 1. The maximum absolute atomic E-state index is 6.34. The van der Waals surface area contributed by atoms with E-state index >= 15 is 0 Å². The van der Waals surface area contributed by atoms with E-state index in [1.54, 1.807) is 0 Å². The summed E-state index contributed by atoms with van der Waals surface area (Å²) in [7, 11) is 4.39. The van der Waals surface area contributed by atoms with Crippen LogP contribution in [0.3, 0.4) is 0 Å². The maximum Gasteiger partial charge on any atom is 0.224 e. The summed E-state index contributed by atoms with van der Waals surface area (Å²) in [5.41, 5.74) is 2.34. The highest BCUT2D eigenvalue weighted by Gasteiger charge is 2.27. The van der Waals surface area contributed by atoms with E-state index < -0.39 is 0 Å². The molecule has 1 saturated carbocycles. The van der Waals surface area contributed by atoms with Crippen LogP contribution in [-0.4, -0.2) is 59.3 Å². The molecule has 6 heteroatoms. The Kier molecular flexibility index (Phi) is 7.95. The second kappa shape index (κ2) is 10.9. The van der Waals surface area contributed by atoms with Crippen LogP contribution in [0, 0.1) is 5.92 Å². The molecule has 0 spiro atoms. The van der Waals surface area contributed by atoms with Crippen LogP contribution in [0.4, 0.5) is 0 Å². The topological polar surface area (TPSA) is 60.4 Å². The average molecular weight is 441 g/mol. The molecule has 0 N–H and O–H groups in total. The summed E-state index contributed by atoms with van der Waals surface area (Å²) in [6.45, 7) is 6.05. The lowest BCUT2D eigenvalue weighted by atomic mass is 9.81. The third-order valence-electron chi connectivity index (χ3n) is 7.29. The molecule has 0 bridgehead atoms. The number of aromatic nitrogens is 3. The Morgan fingerprint density at radius 1 is 1.06 bits per heavy atom. The molecule has 0 amide bonds. The van der Waals surface area contributed by atoms with E-state index in [0.717, 1.165) is 49.2 Å². The fourth-order valence-electron chi connectivity index (χ4n) is 5.31. The molecule has 2 aliphatic rings. The van der Waals surface area contributed by atoms with Crippen LogP contribution in [0.2, 0.25) is 0 Å². The van der Waals surface area contributed by atoms with E-state index in [4.69, 9.17) is 24.4 Å². The molecule has 0 radical (unpaired) electrons. The van der Waals surface area contributed by atoms with Gasteiger partial charge in [0.15, 0.2) is 0 Å². The summed E-state index contributed by atoms with van der Waals surface area (Å²) in [5.74, 6) is 2.74. The van der Waals surface area contributed by atoms with E-state index in [1.807, 2.05) is 12.4 Å². The highest BCUT2D eigenvalue weighted by molar-refractivity contribution is 5.85. The number of fused-ring (bicyclic) bond motifs is 1. The summed E-state index contributed by atoms with van der Waals surface area (Å²) in [6, 6.07) is 0.682. The smallest absolute Gasteiger partial charge is 0.224 e. The molecule has 4 rings (SSSR count). The molecule has 3 heterocycles. The largest absolute Gasteiger partial charge is 0.474 e. The number of hydrogen-bond donors (Lipinski definition) is 0. The minimum absolute atomic E-state index is 0.157. The van der Waals surface area contributed by atoms with Gasteiger partial charge in [-0.25, -0.2) is 15.0 Å². The highest BCUT2D eigenvalue weighted by atomic mass is 16.5. The molecule has 1 saturated heterocycles. The lowest BCUT2D eigenvalue weighted by molar-refractivity contribution is 0.0244. The quantitative estimate of drug-likeness (QED) is 0.566. The first kappa shape index (κ1) is 23.4. The van der Waals surface area contributed by atoms with Crippen molar-refractivity contribution in [3.05, 3.63) is 23.8 Å². The standard InChI is InChI=1S/C26H40N4O2/c1-5-6-18(2)15-24-27-17-23-25(29-24)22(19-7-9-20(10-8-19)30(3)4)16-28-26(23)32-21-11-13-31-14-12-21/h16-21H,5-15H2,1-4H3. The van der Waals surface area contributed by atoms with Crippen molar-refractivity contribution in [2.45, 2.75) is 89.7 Å². The summed E-state index contributed by atoms with van der Waals surface area (Å²) in [5, 5.41) is 0.968. The Morgan fingerprint density at radius 3 is 2.50 bits per heavy atom. The lowest BCUT2D eigenvalue weighted by Gasteiger charge is -2.33. The lowest BCUT2D eigenvalue weighted by Crippen LogP contribution is -2.31. The van der Waals surface area contributed by atoms with Gasteiger partial charge < -0.3 is 14.4 Å². The zero-order valence-electron chi connectivity index (χ0n) is 20.3. The first-order valence-electron chi connectivity index (χ1n) is 12.6. The van der Waals surface area contributed by atoms with Crippen LogP contribution in [0.1, 0.15) is 82.5 Å². The van der Waals surface area contributed by atoms with Crippen LogP contribution < -0.4 is 4.74 Å². The van der Waals surface area contributed by atoms with Crippen LogP contribution in [0.15, 0.2) is 12.4 Å². The van der Waals surface area contributed by atoms with Crippen molar-refractivity contribution >= 4 is 10.9 Å². The van der Waals surface area contributed by atoms with Crippen molar-refractivity contribution in [3.63, 3.8) is 0 Å². The number of hydrogen-bond acceptors (Lipinski definition) is 6. The van der Waals surface area contributed by atoms with E-state index in [9.17, 15) is 0 Å². The molecular formula is C26H40N4O2. The summed E-state index contributed by atoms with van der Waals surface area (Å²) in [4.78, 5) is 17.0. The van der Waals surface area contributed by atoms with Crippen molar-refractivity contribution in [2.75, 3.05) is 27.3 Å². The first-order chi connectivity index (χ1) is 15.5. The fourth-order valence-corrected chi connectivity index (χ4v) is 5.31. The maximum atomic E-state index is 6.34. The molecule has 0 aromatic carbocycles. The van der Waals surface area contributed by atoms with Gasteiger partial charge in [0.2, 0.25) is 5.88 Å². The molecule has 6 nitrogen and oxygen atoms in total. The monoisotopic (exact) mass is 440 g/mol. The van der Waals surface area contributed by atoms with Crippen molar-refractivity contribution in [1.82, 2.24) is 19.9 Å². The third kappa shape index (κ3) is 5.57. The van der Waals surface area contributed by atoms with Crippen LogP contribution in [0.25, 0.3) is 10.9 Å². The Balaban J connectivity index is 1.64. The normalized spacial score (nSPS) is 23.5. The van der Waals surface area contributed by atoms with Crippen LogP contribution in [0.5, 0.6) is 5.88 Å². The van der Waals surface area contributed by atoms with Gasteiger partial charge in [0, 0.05) is 43.3 Å². The van der Waals surface area contributed by atoms with Gasteiger partial charge >= 0.3 is 0 Å². The third-order valence-corrected chi connectivity index (χ3v) is 7.29. The van der Waals surface area contributed by atoms with E-state index in [-0.39, 0.29) is 6.10 Å². The fraction of sp³-hybridized carbons (Fsp3) is 0.731. The van der Waals surface area contributed by atoms with Gasteiger partial charge in [-0.05, 0) is 51.6 Å². The van der Waals surface area contributed by atoms with Crippen LogP contribution in [-0.2, 0) is 11.2 Å². The molecule has 2 aromatic rings. The molecular weight excluding hydrogens is 400 g/mol. The van der Waals surface area contributed by atoms with Gasteiger partial charge in [-0.2, -0.15) is 0 Å². The molecule has 2 fully saturated rings. The second-order valence-electron chi connectivity index (χ2n) is 10.1. The summed E-state index contributed by atoms with van der Waals surface area (Å²) >= 11 is 0. The van der Waals surface area contributed by atoms with Gasteiger partial charge in [-0.1, -0.05) is 26.7 Å². The second-order valence-corrected chi connectivity index (χ2v) is 10.1. The number of rotatable bonds is 8. The zero-order chi connectivity index (χ0) is 22.5. The van der Waals surface area contributed by atoms with E-state index in [1.165, 1.54) is 44.1 Å². The SMILES string of the molecule is CCCC(C)Cc1ncc2c(OC3CCOCC3)ncc(C3CCC(N(C)C)CC3)c2n1. The molecule has 2 aromatic heterocycles. The zero-order valence-corrected chi connectivity index (χ0v) is 20.3. The Hall–Kier alpha value is -1.79. The van der Waals surface area contributed by atoms with Crippen molar-refractivity contribution in [1.29, 1.82) is 0 Å². The predicted octanol–water partition coefficient (Wildman–Crippen LogP) is 5.15. The highest BCUT2D eigenvalue weighted by Crippen LogP contribution is 2.38. The van der Waals surface area contributed by atoms with E-state index in [2.05, 4.69) is 32.8 Å². The number of nitrogens with zero attached hydrogens (tertiary/aromatic N) is 4. The average Bonchev–Trinajstić information content (AvgIpc) is 2.80. The van der Waals surface area contributed by atoms with Crippen molar-refractivity contribution < 1.29 is 9.47 Å². The van der Waals surface area contributed by atoms with Gasteiger partial charge in [0.25, 0.3) is 0 Å². The molecule has 1 aliphatic carbocycles. The molecule has 1 atom stereocenters. The molecule has 1 unspecified atom stereocenters. The molecule has 32 heavy (non-hydrogen) atoms. The minimum atomic E-state index is 0.157. The van der Waals surface area contributed by atoms with Gasteiger partial charge in [-0.3, -0.25) is 0 Å². The first-order valence-corrected chi connectivity index (χ1v) is 12.6. The van der Waals surface area contributed by atoms with Gasteiger partial charge in [-0.15, -0.1) is 0 Å². The molecule has 176 valence electrons. The Labute approximate surface area is 193 Å². The predicted molar refractivity (Wildman–Crippen MR) is 128 cm³/mol. The van der Waals surface area contributed by atoms with Gasteiger partial charge in [0.05, 0.1) is 24.1 Å². The van der Waals surface area contributed by atoms with Gasteiger partial charge in [0.1, 0.15) is 11.9 Å². The van der Waals surface area contributed by atoms with Crippen LogP contribution >= 0.6 is 0 Å². The minimum Gasteiger partial charge on any atom is -0.474 e. The Bertz CT molecular complexity index is 874. The summed E-state index contributed by atoms with van der Waals surface area (Å²) in [6.07, 6.45) is 14.1. The number of ether oxygens (including phenoxy) is 2. The van der Waals surface area contributed by atoms with Crippen molar-refractivity contribution in [3.8, 4) is 5.88 Å². The van der Waals surface area contributed by atoms with Crippen molar-refractivity contribution in [2.24, 2.45) is 5.92 Å². The Morgan fingerprint density at radius 2 is 1.81 bits per heavy atom. The van der Waals surface area contributed by atoms with E-state index in [0.29, 0.717) is 23.8 Å². The molecule has 1 aliphatic heterocycles.